The summed E-state index contributed by atoms with van der Waals surface area (Å²) in [5, 5.41) is 5.23. The molecule has 1 fully saturated rings. The van der Waals surface area contributed by atoms with Crippen LogP contribution in [0.3, 0.4) is 0 Å². The minimum atomic E-state index is -3.04. The van der Waals surface area contributed by atoms with Crippen LogP contribution in [0.5, 0.6) is 5.75 Å². The van der Waals surface area contributed by atoms with Crippen LogP contribution in [0.15, 0.2) is 71.7 Å². The molecule has 7 nitrogen and oxygen atoms in total. The molecule has 3 aromatic rings. The SMILES string of the molecule is CCOc1cc(C(C)(C)C)ccc1C1=N[C@@](CC)(c2ccc(Cl)cc2)[C@@](CC)(c2ccc(Cl)cc2)N1C1CN(CCCS(C)(=O)=O)CCN1. The van der Waals surface area contributed by atoms with Gasteiger partial charge in [-0.25, -0.2) is 8.42 Å². The number of nitrogens with zero attached hydrogens (tertiary/aromatic N) is 3. The fourth-order valence-corrected chi connectivity index (χ4v) is 8.76. The van der Waals surface area contributed by atoms with Crippen LogP contribution >= 0.6 is 23.2 Å². The van der Waals surface area contributed by atoms with Crippen molar-refractivity contribution in [2.45, 2.75) is 83.5 Å². The van der Waals surface area contributed by atoms with Crippen LogP contribution < -0.4 is 10.1 Å². The quantitative estimate of drug-likeness (QED) is 0.204. The Morgan fingerprint density at radius 1 is 0.939 bits per heavy atom. The molecule has 2 aliphatic rings. The maximum Gasteiger partial charge on any atom is 0.147 e. The summed E-state index contributed by atoms with van der Waals surface area (Å²) in [6.07, 6.45) is 3.23. The van der Waals surface area contributed by atoms with Crippen LogP contribution in [0, 0.1) is 0 Å². The number of halogens is 2. The van der Waals surface area contributed by atoms with Crippen LogP contribution in [0.1, 0.15) is 83.1 Å². The lowest BCUT2D eigenvalue weighted by molar-refractivity contribution is 0.0137. The van der Waals surface area contributed by atoms with Crippen LogP contribution in [-0.4, -0.2) is 75.0 Å². The first-order valence-electron chi connectivity index (χ1n) is 17.5. The van der Waals surface area contributed by atoms with Crippen molar-refractivity contribution in [1.82, 2.24) is 15.1 Å². The largest absolute Gasteiger partial charge is 0.493 e. The van der Waals surface area contributed by atoms with Crippen LogP contribution in [0.2, 0.25) is 10.0 Å². The normalized spacial score (nSPS) is 23.5. The van der Waals surface area contributed by atoms with E-state index in [1.165, 1.54) is 11.8 Å². The summed E-state index contributed by atoms with van der Waals surface area (Å²) < 4.78 is 30.4. The molecule has 1 unspecified atom stereocenters. The molecule has 0 aliphatic carbocycles. The summed E-state index contributed by atoms with van der Waals surface area (Å²) in [6.45, 7) is 16.6. The molecule has 5 rings (SSSR count). The van der Waals surface area contributed by atoms with Crippen molar-refractivity contribution in [3.05, 3.63) is 99.0 Å². The zero-order valence-electron chi connectivity index (χ0n) is 30.0. The molecule has 266 valence electrons. The average Bonchev–Trinajstić information content (AvgIpc) is 3.36. The maximum atomic E-state index is 12.0. The second-order valence-corrected chi connectivity index (χ2v) is 17.5. The highest BCUT2D eigenvalue weighted by atomic mass is 35.5. The second-order valence-electron chi connectivity index (χ2n) is 14.4. The number of aliphatic imine (C=N–C) groups is 1. The molecular formula is C39H52Cl2N4O3S. The predicted octanol–water partition coefficient (Wildman–Crippen LogP) is 8.03. The molecule has 2 heterocycles. The van der Waals surface area contributed by atoms with E-state index in [4.69, 9.17) is 32.9 Å². The van der Waals surface area contributed by atoms with Crippen molar-refractivity contribution >= 4 is 38.9 Å². The number of amidine groups is 1. The van der Waals surface area contributed by atoms with Crippen molar-refractivity contribution in [2.24, 2.45) is 4.99 Å². The van der Waals surface area contributed by atoms with Crippen molar-refractivity contribution < 1.29 is 13.2 Å². The molecule has 49 heavy (non-hydrogen) atoms. The Balaban J connectivity index is 1.78. The zero-order chi connectivity index (χ0) is 35.6. The van der Waals surface area contributed by atoms with E-state index >= 15 is 0 Å². The third-order valence-corrected chi connectivity index (χ3v) is 11.8. The Bertz CT molecular complexity index is 1740. The highest BCUT2D eigenvalue weighted by Crippen LogP contribution is 2.58. The molecule has 1 N–H and O–H groups in total. The fourth-order valence-electron chi connectivity index (χ4n) is 7.85. The number of sulfone groups is 1. The predicted molar refractivity (Wildman–Crippen MR) is 204 cm³/mol. The van der Waals surface area contributed by atoms with Gasteiger partial charge in [0.05, 0.1) is 29.6 Å². The number of benzene rings is 3. The lowest BCUT2D eigenvalue weighted by atomic mass is 9.65. The number of nitrogens with one attached hydrogen (secondary N) is 1. The molecule has 0 amide bonds. The van der Waals surface area contributed by atoms with Crippen molar-refractivity contribution in [1.29, 1.82) is 0 Å². The van der Waals surface area contributed by atoms with Crippen molar-refractivity contribution in [2.75, 3.05) is 44.8 Å². The second kappa shape index (κ2) is 14.9. The standard InChI is InChI=1S/C39H52Cl2N4O3S/c1-8-38(28-12-17-31(40)18-13-28)39(9-2,29-14-19-32(41)20-15-29)45(35-27-44(24-22-42-35)23-11-25-49(7,46)47)36(43-38)33-21-16-30(37(4,5)6)26-34(33)48-10-3/h12-21,26,35,42H,8-11,22-25,27H2,1-7H3/t35?,38-,39+/m0/s1. The molecule has 0 radical (unpaired) electrons. The molecule has 0 spiro atoms. The highest BCUT2D eigenvalue weighted by Gasteiger charge is 2.62. The summed E-state index contributed by atoms with van der Waals surface area (Å²) in [4.78, 5) is 10.8. The highest BCUT2D eigenvalue weighted by molar-refractivity contribution is 7.90. The summed E-state index contributed by atoms with van der Waals surface area (Å²) in [5.41, 5.74) is 2.93. The third-order valence-electron chi connectivity index (χ3n) is 10.2. The average molecular weight is 728 g/mol. The molecule has 10 heteroatoms. The molecule has 3 aromatic carbocycles. The first kappa shape index (κ1) is 37.6. The van der Waals surface area contributed by atoms with E-state index in [-0.39, 0.29) is 17.3 Å². The lowest BCUT2D eigenvalue weighted by Gasteiger charge is -2.54. The summed E-state index contributed by atoms with van der Waals surface area (Å²) in [6, 6.07) is 23.0. The van der Waals surface area contributed by atoms with E-state index in [1.807, 2.05) is 31.2 Å². The molecular weight excluding hydrogens is 675 g/mol. The molecule has 0 saturated carbocycles. The van der Waals surface area contributed by atoms with Crippen LogP contribution in [-0.2, 0) is 26.3 Å². The van der Waals surface area contributed by atoms with E-state index in [9.17, 15) is 8.42 Å². The van der Waals surface area contributed by atoms with E-state index in [0.29, 0.717) is 36.2 Å². The van der Waals surface area contributed by atoms with Gasteiger partial charge in [-0.05, 0) is 91.2 Å². The third kappa shape index (κ3) is 7.55. The van der Waals surface area contributed by atoms with Gasteiger partial charge in [-0.1, -0.05) is 88.2 Å². The number of piperazine rings is 1. The zero-order valence-corrected chi connectivity index (χ0v) is 32.4. The Morgan fingerprint density at radius 2 is 1.57 bits per heavy atom. The first-order valence-corrected chi connectivity index (χ1v) is 20.3. The Hall–Kier alpha value is -2.62. The number of ether oxygens (including phenoxy) is 1. The molecule has 0 bridgehead atoms. The number of hydrogen-bond donors (Lipinski definition) is 1. The van der Waals surface area contributed by atoms with Gasteiger partial charge in [0.15, 0.2) is 0 Å². The Morgan fingerprint density at radius 3 is 2.12 bits per heavy atom. The van der Waals surface area contributed by atoms with Gasteiger partial charge < -0.3 is 9.64 Å². The summed E-state index contributed by atoms with van der Waals surface area (Å²) >= 11 is 13.0. The molecule has 1 saturated heterocycles. The van der Waals surface area contributed by atoms with E-state index in [1.54, 1.807) is 0 Å². The number of rotatable bonds is 12. The van der Waals surface area contributed by atoms with Crippen molar-refractivity contribution in [3.63, 3.8) is 0 Å². The van der Waals surface area contributed by atoms with Crippen molar-refractivity contribution in [3.8, 4) is 5.75 Å². The van der Waals surface area contributed by atoms with E-state index in [0.717, 1.165) is 54.2 Å². The molecule has 3 atom stereocenters. The van der Waals surface area contributed by atoms with Crippen LogP contribution in [0.25, 0.3) is 0 Å². The van der Waals surface area contributed by atoms with Gasteiger partial charge in [-0.3, -0.25) is 15.2 Å². The number of hydrogen-bond acceptors (Lipinski definition) is 7. The van der Waals surface area contributed by atoms with Gasteiger partial charge in [0.2, 0.25) is 0 Å². The fraction of sp³-hybridized carbons (Fsp3) is 0.513. The summed E-state index contributed by atoms with van der Waals surface area (Å²) in [5.74, 6) is 1.85. The van der Waals surface area contributed by atoms with Crippen LogP contribution in [0.4, 0.5) is 0 Å². The van der Waals surface area contributed by atoms with Gasteiger partial charge in [-0.15, -0.1) is 0 Å². The maximum absolute atomic E-state index is 12.0. The topological polar surface area (TPSA) is 74.2 Å². The Labute approximate surface area is 304 Å². The smallest absolute Gasteiger partial charge is 0.147 e. The van der Waals surface area contributed by atoms with E-state index in [2.05, 4.69) is 92.2 Å². The monoisotopic (exact) mass is 726 g/mol. The molecule has 0 aromatic heterocycles. The van der Waals surface area contributed by atoms with Gasteiger partial charge in [-0.2, -0.15) is 0 Å². The minimum Gasteiger partial charge on any atom is -0.493 e. The van der Waals surface area contributed by atoms with Gasteiger partial charge in [0, 0.05) is 35.9 Å². The molecule has 2 aliphatic heterocycles. The first-order chi connectivity index (χ1) is 23.2. The van der Waals surface area contributed by atoms with Gasteiger partial charge in [0.25, 0.3) is 0 Å². The van der Waals surface area contributed by atoms with E-state index < -0.39 is 20.9 Å². The minimum absolute atomic E-state index is 0.0636. The summed E-state index contributed by atoms with van der Waals surface area (Å²) in [7, 11) is -3.04. The van der Waals surface area contributed by atoms with Gasteiger partial charge in [0.1, 0.15) is 27.0 Å². The lowest BCUT2D eigenvalue weighted by Crippen LogP contribution is -2.66. The Kier molecular flexibility index (Phi) is 11.5. The van der Waals surface area contributed by atoms with Gasteiger partial charge >= 0.3 is 0 Å².